The first kappa shape index (κ1) is 15.6. The second kappa shape index (κ2) is 7.26. The van der Waals surface area contributed by atoms with Crippen LogP contribution in [0.1, 0.15) is 26.7 Å². The molecule has 1 unspecified atom stereocenters. The van der Waals surface area contributed by atoms with E-state index in [9.17, 15) is 10.1 Å². The Morgan fingerprint density at radius 1 is 1.48 bits per heavy atom. The number of hydrogen-bond donors (Lipinski definition) is 1. The summed E-state index contributed by atoms with van der Waals surface area (Å²) in [6, 6.07) is 5.60. The van der Waals surface area contributed by atoms with Crippen LogP contribution in [-0.4, -0.2) is 37.2 Å². The Morgan fingerprint density at radius 3 is 2.86 bits per heavy atom. The van der Waals surface area contributed by atoms with E-state index >= 15 is 0 Å². The number of nitrogens with one attached hydrogen (secondary N) is 1. The van der Waals surface area contributed by atoms with E-state index in [2.05, 4.69) is 10.2 Å². The average Bonchev–Trinajstić information content (AvgIpc) is 2.49. The molecule has 1 N–H and O–H groups in total. The number of nitro groups is 1. The molecule has 6 nitrogen and oxygen atoms in total. The van der Waals surface area contributed by atoms with Gasteiger partial charge in [0.2, 0.25) is 0 Å². The van der Waals surface area contributed by atoms with Crippen molar-refractivity contribution >= 4 is 11.4 Å². The number of para-hydroxylation sites is 1. The molecular weight excluding hydrogens is 270 g/mol. The van der Waals surface area contributed by atoms with Crippen molar-refractivity contribution < 1.29 is 9.66 Å². The summed E-state index contributed by atoms with van der Waals surface area (Å²) in [5.41, 5.74) is 0.730. The predicted octanol–water partition coefficient (Wildman–Crippen LogP) is 2.57. The molecule has 0 radical (unpaired) electrons. The van der Waals surface area contributed by atoms with Crippen molar-refractivity contribution in [3.8, 4) is 5.75 Å². The number of ether oxygens (including phenoxy) is 1. The molecule has 0 bridgehead atoms. The van der Waals surface area contributed by atoms with Crippen molar-refractivity contribution in [1.29, 1.82) is 0 Å². The molecule has 1 atom stereocenters. The van der Waals surface area contributed by atoms with E-state index in [1.807, 2.05) is 26.0 Å². The molecule has 1 aromatic carbocycles. The Kier molecular flexibility index (Phi) is 5.38. The normalized spacial score (nSPS) is 18.3. The van der Waals surface area contributed by atoms with Gasteiger partial charge in [-0.2, -0.15) is 0 Å². The number of anilines is 1. The minimum absolute atomic E-state index is 0.0757. The summed E-state index contributed by atoms with van der Waals surface area (Å²) in [5, 5.41) is 14.9. The lowest BCUT2D eigenvalue weighted by Crippen LogP contribution is -2.46. The van der Waals surface area contributed by atoms with Gasteiger partial charge in [-0.3, -0.25) is 10.1 Å². The third-order valence-corrected chi connectivity index (χ3v) is 3.82. The van der Waals surface area contributed by atoms with Gasteiger partial charge >= 0.3 is 5.69 Å². The molecule has 116 valence electrons. The summed E-state index contributed by atoms with van der Waals surface area (Å²) in [5.74, 6) is 0.349. The molecule has 6 heteroatoms. The van der Waals surface area contributed by atoms with E-state index in [0.717, 1.165) is 32.5 Å². The van der Waals surface area contributed by atoms with Gasteiger partial charge in [-0.05, 0) is 45.4 Å². The second-order valence-corrected chi connectivity index (χ2v) is 5.10. The topological polar surface area (TPSA) is 67.6 Å². The van der Waals surface area contributed by atoms with Crippen molar-refractivity contribution in [2.24, 2.45) is 0 Å². The molecule has 0 amide bonds. The number of piperidine rings is 1. The summed E-state index contributed by atoms with van der Waals surface area (Å²) < 4.78 is 5.44. The molecule has 0 saturated carbocycles. The zero-order chi connectivity index (χ0) is 15.2. The number of nitrogens with zero attached hydrogens (tertiary/aromatic N) is 2. The van der Waals surface area contributed by atoms with Crippen LogP contribution in [0.25, 0.3) is 0 Å². The van der Waals surface area contributed by atoms with E-state index in [-0.39, 0.29) is 10.6 Å². The Labute approximate surface area is 125 Å². The third-order valence-electron chi connectivity index (χ3n) is 3.82. The van der Waals surface area contributed by atoms with E-state index < -0.39 is 0 Å². The van der Waals surface area contributed by atoms with Crippen LogP contribution in [0, 0.1) is 10.1 Å². The van der Waals surface area contributed by atoms with Gasteiger partial charge in [0, 0.05) is 19.1 Å². The Balaban J connectivity index is 2.39. The van der Waals surface area contributed by atoms with Crippen molar-refractivity contribution in [3.05, 3.63) is 28.3 Å². The highest BCUT2D eigenvalue weighted by atomic mass is 16.6. The maximum Gasteiger partial charge on any atom is 0.333 e. The van der Waals surface area contributed by atoms with Gasteiger partial charge in [-0.25, -0.2) is 0 Å². The maximum absolute atomic E-state index is 11.5. The van der Waals surface area contributed by atoms with Crippen molar-refractivity contribution in [3.63, 3.8) is 0 Å². The van der Waals surface area contributed by atoms with Crippen LogP contribution in [0.5, 0.6) is 5.75 Å². The number of hydrogen-bond acceptors (Lipinski definition) is 5. The minimum atomic E-state index is -0.334. The van der Waals surface area contributed by atoms with Crippen LogP contribution in [0.3, 0.4) is 0 Å². The first-order valence-corrected chi connectivity index (χ1v) is 7.56. The van der Waals surface area contributed by atoms with Crippen LogP contribution in [0.15, 0.2) is 18.2 Å². The second-order valence-electron chi connectivity index (χ2n) is 5.10. The van der Waals surface area contributed by atoms with E-state index in [0.29, 0.717) is 24.1 Å². The SMILES string of the molecule is CCOc1cccc(N(CC)C2CCCNC2)c1[N+](=O)[O-]. The zero-order valence-electron chi connectivity index (χ0n) is 12.7. The van der Waals surface area contributed by atoms with Gasteiger partial charge in [0.15, 0.2) is 5.75 Å². The maximum atomic E-state index is 11.5. The molecule has 1 aromatic rings. The van der Waals surface area contributed by atoms with Gasteiger partial charge in [0.25, 0.3) is 0 Å². The van der Waals surface area contributed by atoms with Crippen LogP contribution < -0.4 is 15.0 Å². The fourth-order valence-electron chi connectivity index (χ4n) is 2.92. The summed E-state index contributed by atoms with van der Waals surface area (Å²) in [6.07, 6.45) is 2.15. The molecule has 2 rings (SSSR count). The fourth-order valence-corrected chi connectivity index (χ4v) is 2.92. The van der Waals surface area contributed by atoms with Gasteiger partial charge in [-0.15, -0.1) is 0 Å². The number of likely N-dealkylation sites (N-methyl/N-ethyl adjacent to an activating group) is 1. The molecule has 1 aliphatic rings. The molecule has 1 saturated heterocycles. The Bertz CT molecular complexity index is 487. The summed E-state index contributed by atoms with van der Waals surface area (Å²) in [6.45, 7) is 6.91. The first-order valence-electron chi connectivity index (χ1n) is 7.56. The molecule has 0 spiro atoms. The van der Waals surface area contributed by atoms with Crippen molar-refractivity contribution in [1.82, 2.24) is 5.32 Å². The summed E-state index contributed by atoms with van der Waals surface area (Å²) >= 11 is 0. The Morgan fingerprint density at radius 2 is 2.29 bits per heavy atom. The summed E-state index contributed by atoms with van der Waals surface area (Å²) in [7, 11) is 0. The highest BCUT2D eigenvalue weighted by Gasteiger charge is 2.28. The standard InChI is InChI=1S/C15H23N3O3/c1-3-17(12-7-6-10-16-11-12)13-8-5-9-14(21-4-2)15(13)18(19)20/h5,8-9,12,16H,3-4,6-7,10-11H2,1-2H3. The number of rotatable bonds is 6. The monoisotopic (exact) mass is 293 g/mol. The van der Waals surface area contributed by atoms with Gasteiger partial charge < -0.3 is 15.0 Å². The molecule has 1 fully saturated rings. The lowest BCUT2D eigenvalue weighted by atomic mass is 10.0. The molecule has 0 aromatic heterocycles. The quantitative estimate of drug-likeness (QED) is 0.645. The smallest absolute Gasteiger partial charge is 0.333 e. The van der Waals surface area contributed by atoms with Crippen molar-refractivity contribution in [2.45, 2.75) is 32.7 Å². The molecular formula is C15H23N3O3. The molecule has 21 heavy (non-hydrogen) atoms. The third kappa shape index (κ3) is 3.44. The highest BCUT2D eigenvalue weighted by molar-refractivity contribution is 5.70. The van der Waals surface area contributed by atoms with Gasteiger partial charge in [0.1, 0.15) is 5.69 Å². The number of benzene rings is 1. The lowest BCUT2D eigenvalue weighted by molar-refractivity contribution is -0.385. The van der Waals surface area contributed by atoms with Crippen LogP contribution in [0.2, 0.25) is 0 Å². The predicted molar refractivity (Wildman–Crippen MR) is 83.2 cm³/mol. The highest BCUT2D eigenvalue weighted by Crippen LogP contribution is 2.38. The van der Waals surface area contributed by atoms with E-state index in [1.54, 1.807) is 6.07 Å². The molecule has 1 aliphatic heterocycles. The minimum Gasteiger partial charge on any atom is -0.487 e. The number of nitro benzene ring substituents is 1. The lowest BCUT2D eigenvalue weighted by Gasteiger charge is -2.35. The van der Waals surface area contributed by atoms with Gasteiger partial charge in [0.05, 0.1) is 11.5 Å². The molecule has 0 aliphatic carbocycles. The van der Waals surface area contributed by atoms with E-state index in [4.69, 9.17) is 4.74 Å². The van der Waals surface area contributed by atoms with Crippen LogP contribution in [-0.2, 0) is 0 Å². The van der Waals surface area contributed by atoms with Crippen molar-refractivity contribution in [2.75, 3.05) is 31.1 Å². The Hall–Kier alpha value is -1.82. The van der Waals surface area contributed by atoms with E-state index in [1.165, 1.54) is 0 Å². The zero-order valence-corrected chi connectivity index (χ0v) is 12.7. The fraction of sp³-hybridized carbons (Fsp3) is 0.600. The molecule has 1 heterocycles. The van der Waals surface area contributed by atoms with Gasteiger partial charge in [-0.1, -0.05) is 6.07 Å². The van der Waals surface area contributed by atoms with Crippen LogP contribution in [0.4, 0.5) is 11.4 Å². The first-order chi connectivity index (χ1) is 10.2. The summed E-state index contributed by atoms with van der Waals surface area (Å²) in [4.78, 5) is 13.3. The largest absolute Gasteiger partial charge is 0.487 e. The van der Waals surface area contributed by atoms with Crippen LogP contribution >= 0.6 is 0 Å². The average molecular weight is 293 g/mol.